The van der Waals surface area contributed by atoms with Crippen molar-refractivity contribution in [2.24, 2.45) is 0 Å². The summed E-state index contributed by atoms with van der Waals surface area (Å²) in [5.41, 5.74) is 0.656. The topological polar surface area (TPSA) is 68.2 Å². The lowest BCUT2D eigenvalue weighted by molar-refractivity contribution is 0.249. The van der Waals surface area contributed by atoms with Crippen molar-refractivity contribution in [1.82, 2.24) is 15.1 Å². The number of hydrogen-bond donors (Lipinski definition) is 2. The number of benzene rings is 1. The minimum absolute atomic E-state index is 0.132. The van der Waals surface area contributed by atoms with E-state index in [9.17, 15) is 9.18 Å². The number of urea groups is 1. The van der Waals surface area contributed by atoms with Gasteiger partial charge in [0.05, 0.1) is 18.8 Å². The normalized spacial score (nSPS) is 12.1. The Labute approximate surface area is 141 Å². The Hall–Kier alpha value is -2.57. The number of carbonyl (C=O) groups is 1. The van der Waals surface area contributed by atoms with Crippen LogP contribution in [0.3, 0.4) is 0 Å². The number of nitrogens with zero attached hydrogens (tertiary/aromatic N) is 2. The summed E-state index contributed by atoms with van der Waals surface area (Å²) in [7, 11) is 0. The van der Waals surface area contributed by atoms with E-state index in [4.69, 9.17) is 4.74 Å². The molecule has 0 saturated carbocycles. The van der Waals surface area contributed by atoms with E-state index in [-0.39, 0.29) is 23.9 Å². The van der Waals surface area contributed by atoms with E-state index in [1.165, 1.54) is 6.07 Å². The van der Waals surface area contributed by atoms with Gasteiger partial charge in [0, 0.05) is 12.1 Å². The first-order valence-electron chi connectivity index (χ1n) is 7.95. The van der Waals surface area contributed by atoms with Crippen LogP contribution in [0.5, 0.6) is 5.75 Å². The molecule has 1 heterocycles. The molecule has 2 N–H and O–H groups in total. The van der Waals surface area contributed by atoms with Crippen LogP contribution in [0, 0.1) is 5.82 Å². The zero-order valence-corrected chi connectivity index (χ0v) is 14.3. The van der Waals surface area contributed by atoms with Crippen molar-refractivity contribution < 1.29 is 13.9 Å². The van der Waals surface area contributed by atoms with Gasteiger partial charge in [0.25, 0.3) is 0 Å². The van der Waals surface area contributed by atoms with Crippen LogP contribution in [0.25, 0.3) is 0 Å². The van der Waals surface area contributed by atoms with Crippen LogP contribution in [0.4, 0.5) is 15.0 Å². The van der Waals surface area contributed by atoms with Gasteiger partial charge >= 0.3 is 6.03 Å². The van der Waals surface area contributed by atoms with Crippen molar-refractivity contribution >= 4 is 11.8 Å². The lowest BCUT2D eigenvalue weighted by atomic mass is 10.1. The van der Waals surface area contributed by atoms with Gasteiger partial charge < -0.3 is 10.1 Å². The number of carbonyl (C=O) groups excluding carboxylic acids is 1. The maximum Gasteiger partial charge on any atom is 0.320 e. The second-order valence-electron chi connectivity index (χ2n) is 5.70. The van der Waals surface area contributed by atoms with Crippen LogP contribution in [-0.2, 0) is 0 Å². The third-order valence-corrected chi connectivity index (χ3v) is 3.50. The quantitative estimate of drug-likeness (QED) is 0.842. The summed E-state index contributed by atoms with van der Waals surface area (Å²) in [4.78, 5) is 12.1. The second kappa shape index (κ2) is 7.81. The highest BCUT2D eigenvalue weighted by Gasteiger charge is 2.14. The maximum atomic E-state index is 13.9. The molecule has 1 atom stereocenters. The third-order valence-electron chi connectivity index (χ3n) is 3.50. The summed E-state index contributed by atoms with van der Waals surface area (Å²) >= 11 is 0. The van der Waals surface area contributed by atoms with Gasteiger partial charge in [-0.2, -0.15) is 5.10 Å². The van der Waals surface area contributed by atoms with E-state index >= 15 is 0 Å². The summed E-state index contributed by atoms with van der Waals surface area (Å²) in [5, 5.41) is 9.69. The Morgan fingerprint density at radius 3 is 2.71 bits per heavy atom. The smallest absolute Gasteiger partial charge is 0.320 e. The monoisotopic (exact) mass is 334 g/mol. The van der Waals surface area contributed by atoms with Crippen molar-refractivity contribution in [3.8, 4) is 5.75 Å². The van der Waals surface area contributed by atoms with Gasteiger partial charge in [0.2, 0.25) is 0 Å². The Balaban J connectivity index is 2.01. The average molecular weight is 334 g/mol. The summed E-state index contributed by atoms with van der Waals surface area (Å²) in [5.74, 6) is 0.368. The maximum absolute atomic E-state index is 13.9. The van der Waals surface area contributed by atoms with Crippen molar-refractivity contribution in [2.45, 2.75) is 39.8 Å². The van der Waals surface area contributed by atoms with E-state index in [1.807, 2.05) is 13.8 Å². The minimum atomic E-state index is -0.443. The Kier molecular flexibility index (Phi) is 5.78. The lowest BCUT2D eigenvalue weighted by Crippen LogP contribution is -2.32. The zero-order valence-electron chi connectivity index (χ0n) is 14.3. The van der Waals surface area contributed by atoms with Crippen molar-refractivity contribution in [3.63, 3.8) is 0 Å². The molecule has 0 unspecified atom stereocenters. The largest absolute Gasteiger partial charge is 0.491 e. The molecule has 0 aliphatic rings. The fraction of sp³-hybridized carbons (Fsp3) is 0.412. The second-order valence-corrected chi connectivity index (χ2v) is 5.70. The van der Waals surface area contributed by atoms with E-state index in [2.05, 4.69) is 15.7 Å². The first-order chi connectivity index (χ1) is 11.4. The van der Waals surface area contributed by atoms with Crippen LogP contribution < -0.4 is 15.4 Å². The number of hydrogen-bond acceptors (Lipinski definition) is 3. The molecule has 0 fully saturated rings. The Bertz CT molecular complexity index is 700. The van der Waals surface area contributed by atoms with E-state index < -0.39 is 5.82 Å². The van der Waals surface area contributed by atoms with Crippen molar-refractivity contribution in [3.05, 3.63) is 41.8 Å². The Morgan fingerprint density at radius 1 is 1.33 bits per heavy atom. The van der Waals surface area contributed by atoms with E-state index in [0.29, 0.717) is 18.0 Å². The molecule has 6 nitrogen and oxygen atoms in total. The number of rotatable bonds is 6. The first-order valence-corrected chi connectivity index (χ1v) is 7.95. The van der Waals surface area contributed by atoms with Gasteiger partial charge in [-0.25, -0.2) is 13.9 Å². The molecule has 1 aromatic heterocycles. The molecule has 2 amide bonds. The summed E-state index contributed by atoms with van der Waals surface area (Å²) < 4.78 is 20.8. The van der Waals surface area contributed by atoms with Gasteiger partial charge in [-0.05, 0) is 45.4 Å². The first kappa shape index (κ1) is 17.8. The molecule has 0 bridgehead atoms. The van der Waals surface area contributed by atoms with Crippen molar-refractivity contribution in [1.29, 1.82) is 0 Å². The van der Waals surface area contributed by atoms with Crippen LogP contribution in [-0.4, -0.2) is 22.4 Å². The molecule has 2 rings (SSSR count). The van der Waals surface area contributed by atoms with Gasteiger partial charge in [-0.1, -0.05) is 6.07 Å². The number of halogens is 1. The number of amides is 2. The van der Waals surface area contributed by atoms with Gasteiger partial charge in [-0.15, -0.1) is 0 Å². The SMILES string of the molecule is CCOc1ccc([C@@H](C)NC(=O)Nc2ccnn2C(C)C)cc1F. The summed E-state index contributed by atoms with van der Waals surface area (Å²) in [6.07, 6.45) is 1.63. The molecule has 2 aromatic rings. The van der Waals surface area contributed by atoms with Crippen LogP contribution >= 0.6 is 0 Å². The standard InChI is InChI=1S/C17H23FN4O2/c1-5-24-15-7-6-13(10-14(15)18)12(4)20-17(23)21-16-8-9-19-22(16)11(2)3/h6-12H,5H2,1-4H3,(H2,20,21,23)/t12-/m1/s1. The number of ether oxygens (including phenoxy) is 1. The highest BCUT2D eigenvalue weighted by Crippen LogP contribution is 2.22. The molecule has 0 radical (unpaired) electrons. The van der Waals surface area contributed by atoms with E-state index in [1.54, 1.807) is 42.9 Å². The van der Waals surface area contributed by atoms with Crippen LogP contribution in [0.2, 0.25) is 0 Å². The molecular formula is C17H23FN4O2. The lowest BCUT2D eigenvalue weighted by Gasteiger charge is -2.17. The molecule has 0 spiro atoms. The van der Waals surface area contributed by atoms with Gasteiger partial charge in [-0.3, -0.25) is 5.32 Å². The van der Waals surface area contributed by atoms with Crippen molar-refractivity contribution in [2.75, 3.05) is 11.9 Å². The van der Waals surface area contributed by atoms with Gasteiger partial charge in [0.1, 0.15) is 5.82 Å². The number of anilines is 1. The zero-order chi connectivity index (χ0) is 17.7. The fourth-order valence-electron chi connectivity index (χ4n) is 2.32. The van der Waals surface area contributed by atoms with E-state index in [0.717, 1.165) is 0 Å². The predicted molar refractivity (Wildman–Crippen MR) is 90.8 cm³/mol. The van der Waals surface area contributed by atoms with Crippen LogP contribution in [0.1, 0.15) is 45.3 Å². The highest BCUT2D eigenvalue weighted by molar-refractivity contribution is 5.88. The molecule has 130 valence electrons. The summed E-state index contributed by atoms with van der Waals surface area (Å²) in [6.45, 7) is 7.93. The molecule has 24 heavy (non-hydrogen) atoms. The number of aromatic nitrogens is 2. The van der Waals surface area contributed by atoms with Gasteiger partial charge in [0.15, 0.2) is 11.6 Å². The molecule has 0 aliphatic carbocycles. The molecule has 0 saturated heterocycles. The highest BCUT2D eigenvalue weighted by atomic mass is 19.1. The molecule has 0 aliphatic heterocycles. The van der Waals surface area contributed by atoms with Crippen LogP contribution in [0.15, 0.2) is 30.5 Å². The summed E-state index contributed by atoms with van der Waals surface area (Å²) in [6, 6.07) is 5.79. The fourth-order valence-corrected chi connectivity index (χ4v) is 2.32. The molecule has 1 aromatic carbocycles. The Morgan fingerprint density at radius 2 is 2.08 bits per heavy atom. The average Bonchev–Trinajstić information content (AvgIpc) is 2.97. The predicted octanol–water partition coefficient (Wildman–Crippen LogP) is 3.88. The third kappa shape index (κ3) is 4.24. The molecule has 7 heteroatoms. The number of nitrogens with one attached hydrogen (secondary N) is 2. The minimum Gasteiger partial charge on any atom is -0.491 e. The molecular weight excluding hydrogens is 311 g/mol.